The average Bonchev–Trinajstić information content (AvgIpc) is 3.29. The maximum absolute atomic E-state index is 12.6. The monoisotopic (exact) mass is 280 g/mol. The number of aliphatic hydroxyl groups excluding tert-OH is 1. The van der Waals surface area contributed by atoms with E-state index in [4.69, 9.17) is 0 Å². The molecule has 3 rings (SSSR count). The van der Waals surface area contributed by atoms with Gasteiger partial charge in [-0.05, 0) is 51.5 Å². The topological polar surface area (TPSA) is 43.8 Å². The molecule has 3 fully saturated rings. The Kier molecular flexibility index (Phi) is 4.32. The summed E-state index contributed by atoms with van der Waals surface area (Å²) >= 11 is 0. The molecular formula is C16H28N2O2. The van der Waals surface area contributed by atoms with Crippen LogP contribution in [0.15, 0.2) is 0 Å². The van der Waals surface area contributed by atoms with Crippen LogP contribution in [0.3, 0.4) is 0 Å². The summed E-state index contributed by atoms with van der Waals surface area (Å²) in [5.41, 5.74) is 0. The fourth-order valence-electron chi connectivity index (χ4n) is 3.57. The molecule has 0 aromatic heterocycles. The van der Waals surface area contributed by atoms with Gasteiger partial charge in [-0.3, -0.25) is 9.69 Å². The minimum Gasteiger partial charge on any atom is -0.392 e. The van der Waals surface area contributed by atoms with Crippen LogP contribution < -0.4 is 0 Å². The molecule has 3 saturated carbocycles. The van der Waals surface area contributed by atoms with Crippen molar-refractivity contribution in [1.29, 1.82) is 0 Å². The lowest BCUT2D eigenvalue weighted by atomic mass is 10.2. The summed E-state index contributed by atoms with van der Waals surface area (Å²) in [7, 11) is 1.96. The first kappa shape index (κ1) is 14.3. The molecule has 20 heavy (non-hydrogen) atoms. The molecule has 1 amide bonds. The molecule has 0 aromatic carbocycles. The average molecular weight is 280 g/mol. The quantitative estimate of drug-likeness (QED) is 0.771. The summed E-state index contributed by atoms with van der Waals surface area (Å²) in [5, 5.41) is 9.98. The van der Waals surface area contributed by atoms with Crippen molar-refractivity contribution in [2.75, 3.05) is 20.1 Å². The fourth-order valence-corrected chi connectivity index (χ4v) is 3.57. The van der Waals surface area contributed by atoms with Crippen molar-refractivity contribution in [3.8, 4) is 0 Å². The van der Waals surface area contributed by atoms with E-state index in [2.05, 4.69) is 4.90 Å². The number of aliphatic hydroxyl groups is 1. The molecule has 1 N–H and O–H groups in total. The molecule has 1 atom stereocenters. The zero-order valence-corrected chi connectivity index (χ0v) is 12.6. The third-order valence-corrected chi connectivity index (χ3v) is 5.02. The maximum atomic E-state index is 12.6. The molecule has 0 heterocycles. The molecule has 0 radical (unpaired) electrons. The standard InChI is InChI=1S/C16H28N2O2/c1-17(10-15(19)12-6-7-12)11-16(20)18(14-8-9-14)13-4-2-3-5-13/h12-15,19H,2-11H2,1H3/t15-/m0/s1. The molecule has 3 aliphatic rings. The van der Waals surface area contributed by atoms with Gasteiger partial charge in [0.15, 0.2) is 0 Å². The van der Waals surface area contributed by atoms with E-state index in [-0.39, 0.29) is 12.0 Å². The third-order valence-electron chi connectivity index (χ3n) is 5.02. The molecule has 0 aromatic rings. The Balaban J connectivity index is 1.50. The number of hydrogen-bond acceptors (Lipinski definition) is 3. The summed E-state index contributed by atoms with van der Waals surface area (Å²) in [6.07, 6.45) is 9.38. The fraction of sp³-hybridized carbons (Fsp3) is 0.938. The van der Waals surface area contributed by atoms with Crippen molar-refractivity contribution in [2.24, 2.45) is 5.92 Å². The molecular weight excluding hydrogens is 252 g/mol. The van der Waals surface area contributed by atoms with Crippen LogP contribution in [0.1, 0.15) is 51.4 Å². The Morgan fingerprint density at radius 2 is 1.70 bits per heavy atom. The number of likely N-dealkylation sites (N-methyl/N-ethyl adjacent to an activating group) is 1. The smallest absolute Gasteiger partial charge is 0.237 e. The second kappa shape index (κ2) is 6.02. The van der Waals surface area contributed by atoms with Crippen molar-refractivity contribution in [1.82, 2.24) is 9.80 Å². The van der Waals surface area contributed by atoms with E-state index in [1.54, 1.807) is 0 Å². The lowest BCUT2D eigenvalue weighted by molar-refractivity contribution is -0.135. The predicted octanol–water partition coefficient (Wildman–Crippen LogP) is 1.62. The Hall–Kier alpha value is -0.610. The summed E-state index contributed by atoms with van der Waals surface area (Å²) < 4.78 is 0. The number of amides is 1. The molecule has 0 aliphatic heterocycles. The summed E-state index contributed by atoms with van der Waals surface area (Å²) in [6.45, 7) is 1.11. The number of carbonyl (C=O) groups excluding carboxylic acids is 1. The Bertz CT molecular complexity index is 346. The first-order valence-electron chi connectivity index (χ1n) is 8.33. The van der Waals surface area contributed by atoms with E-state index in [9.17, 15) is 9.90 Å². The molecule has 114 valence electrons. The van der Waals surface area contributed by atoms with Crippen molar-refractivity contribution in [2.45, 2.75) is 69.6 Å². The van der Waals surface area contributed by atoms with Gasteiger partial charge in [0, 0.05) is 18.6 Å². The summed E-state index contributed by atoms with van der Waals surface area (Å²) in [5.74, 6) is 0.770. The maximum Gasteiger partial charge on any atom is 0.237 e. The van der Waals surface area contributed by atoms with Gasteiger partial charge in [-0.15, -0.1) is 0 Å². The Morgan fingerprint density at radius 1 is 1.10 bits per heavy atom. The van der Waals surface area contributed by atoms with Crippen LogP contribution in [-0.4, -0.2) is 59.1 Å². The van der Waals surface area contributed by atoms with Crippen LogP contribution in [0.5, 0.6) is 0 Å². The number of hydrogen-bond donors (Lipinski definition) is 1. The van der Waals surface area contributed by atoms with E-state index >= 15 is 0 Å². The number of nitrogens with zero attached hydrogens (tertiary/aromatic N) is 2. The normalized spacial score (nSPS) is 25.1. The van der Waals surface area contributed by atoms with Gasteiger partial charge in [0.1, 0.15) is 0 Å². The molecule has 3 aliphatic carbocycles. The zero-order chi connectivity index (χ0) is 14.1. The van der Waals surface area contributed by atoms with E-state index in [0.717, 1.165) is 12.8 Å². The SMILES string of the molecule is CN(CC(=O)N(C1CCCC1)C1CC1)C[C@H](O)C1CC1. The minimum absolute atomic E-state index is 0.242. The van der Waals surface area contributed by atoms with Crippen LogP contribution in [0.4, 0.5) is 0 Å². The third kappa shape index (κ3) is 3.53. The molecule has 4 nitrogen and oxygen atoms in total. The Labute approximate surface area is 122 Å². The highest BCUT2D eigenvalue weighted by molar-refractivity contribution is 5.79. The van der Waals surface area contributed by atoms with Crippen molar-refractivity contribution in [3.05, 3.63) is 0 Å². The largest absolute Gasteiger partial charge is 0.392 e. The predicted molar refractivity (Wildman–Crippen MR) is 78.4 cm³/mol. The zero-order valence-electron chi connectivity index (χ0n) is 12.6. The van der Waals surface area contributed by atoms with Gasteiger partial charge in [-0.2, -0.15) is 0 Å². The van der Waals surface area contributed by atoms with Crippen molar-refractivity contribution < 1.29 is 9.90 Å². The van der Waals surface area contributed by atoms with Crippen LogP contribution >= 0.6 is 0 Å². The first-order chi connectivity index (χ1) is 9.65. The lowest BCUT2D eigenvalue weighted by Crippen LogP contribution is -2.46. The van der Waals surface area contributed by atoms with Crippen molar-refractivity contribution in [3.63, 3.8) is 0 Å². The number of rotatable bonds is 7. The van der Waals surface area contributed by atoms with Crippen molar-refractivity contribution >= 4 is 5.91 Å². The van der Waals surface area contributed by atoms with Gasteiger partial charge >= 0.3 is 0 Å². The molecule has 0 bridgehead atoms. The second-order valence-electron chi connectivity index (χ2n) is 7.07. The van der Waals surface area contributed by atoms with Crippen LogP contribution in [0.25, 0.3) is 0 Å². The lowest BCUT2D eigenvalue weighted by Gasteiger charge is -2.31. The van der Waals surface area contributed by atoms with E-state index < -0.39 is 0 Å². The highest BCUT2D eigenvalue weighted by atomic mass is 16.3. The van der Waals surface area contributed by atoms with Gasteiger partial charge in [0.2, 0.25) is 5.91 Å². The van der Waals surface area contributed by atoms with E-state index in [1.807, 2.05) is 11.9 Å². The second-order valence-corrected chi connectivity index (χ2v) is 7.07. The summed E-state index contributed by atoms with van der Waals surface area (Å²) in [6, 6.07) is 1.02. The first-order valence-corrected chi connectivity index (χ1v) is 8.33. The number of carbonyl (C=O) groups is 1. The molecule has 4 heteroatoms. The van der Waals surface area contributed by atoms with Gasteiger partial charge in [0.05, 0.1) is 12.6 Å². The van der Waals surface area contributed by atoms with E-state index in [0.29, 0.717) is 31.1 Å². The van der Waals surface area contributed by atoms with Gasteiger partial charge in [-0.1, -0.05) is 12.8 Å². The van der Waals surface area contributed by atoms with Crippen LogP contribution in [0, 0.1) is 5.92 Å². The van der Waals surface area contributed by atoms with E-state index in [1.165, 1.54) is 38.5 Å². The van der Waals surface area contributed by atoms with Gasteiger partial charge in [-0.25, -0.2) is 0 Å². The molecule has 0 spiro atoms. The van der Waals surface area contributed by atoms with Gasteiger partial charge < -0.3 is 10.0 Å². The Morgan fingerprint density at radius 3 is 2.25 bits per heavy atom. The van der Waals surface area contributed by atoms with Crippen LogP contribution in [0.2, 0.25) is 0 Å². The minimum atomic E-state index is -0.242. The molecule has 0 unspecified atom stereocenters. The highest BCUT2D eigenvalue weighted by Crippen LogP contribution is 2.35. The summed E-state index contributed by atoms with van der Waals surface area (Å²) in [4.78, 5) is 16.8. The highest BCUT2D eigenvalue weighted by Gasteiger charge is 2.38. The van der Waals surface area contributed by atoms with Crippen LogP contribution in [-0.2, 0) is 4.79 Å². The molecule has 0 saturated heterocycles. The van der Waals surface area contributed by atoms with Gasteiger partial charge in [0.25, 0.3) is 0 Å².